The maximum absolute atomic E-state index is 12.2. The number of allylic oxidation sites excluding steroid dienone is 1. The fourth-order valence-corrected chi connectivity index (χ4v) is 2.58. The van der Waals surface area contributed by atoms with Gasteiger partial charge in [0, 0.05) is 30.1 Å². The van der Waals surface area contributed by atoms with E-state index in [4.69, 9.17) is 0 Å². The standard InChI is InChI=1S/C21H21N3O/c1-15-3-9-19(10-4-15)24-21(25)11-16(2)18-7-5-17(6-8-18)12-20-13-22-14-23-20/h3-11,13-14H,12H2,1-2H3,(H,22,23)(H,24,25)/b16-11+. The lowest BCUT2D eigenvalue weighted by molar-refractivity contribution is -0.111. The SMILES string of the molecule is C/C(=C\C(=O)Nc1ccc(C)cc1)c1ccc(Cc2cnc[nH]2)cc1. The Morgan fingerprint density at radius 2 is 1.84 bits per heavy atom. The van der Waals surface area contributed by atoms with E-state index in [-0.39, 0.29) is 5.91 Å². The number of nitrogens with zero attached hydrogens (tertiary/aromatic N) is 1. The van der Waals surface area contributed by atoms with Crippen molar-refractivity contribution < 1.29 is 4.79 Å². The highest BCUT2D eigenvalue weighted by Gasteiger charge is 2.03. The van der Waals surface area contributed by atoms with Crippen LogP contribution >= 0.6 is 0 Å². The van der Waals surface area contributed by atoms with E-state index in [0.717, 1.165) is 28.9 Å². The molecule has 0 atom stereocenters. The number of carbonyl (C=O) groups is 1. The third kappa shape index (κ3) is 4.67. The predicted molar refractivity (Wildman–Crippen MR) is 101 cm³/mol. The fourth-order valence-electron chi connectivity index (χ4n) is 2.58. The predicted octanol–water partition coefficient (Wildman–Crippen LogP) is 4.35. The molecule has 0 radical (unpaired) electrons. The van der Waals surface area contributed by atoms with Crippen LogP contribution in [0.5, 0.6) is 0 Å². The van der Waals surface area contributed by atoms with Crippen molar-refractivity contribution in [3.63, 3.8) is 0 Å². The number of nitrogens with one attached hydrogen (secondary N) is 2. The molecule has 1 heterocycles. The summed E-state index contributed by atoms with van der Waals surface area (Å²) in [5.41, 5.74) is 6.21. The van der Waals surface area contributed by atoms with Crippen molar-refractivity contribution in [2.45, 2.75) is 20.3 Å². The van der Waals surface area contributed by atoms with Crippen LogP contribution in [0.1, 0.15) is 29.3 Å². The van der Waals surface area contributed by atoms with Crippen LogP contribution in [0.3, 0.4) is 0 Å². The second-order valence-corrected chi connectivity index (χ2v) is 6.13. The van der Waals surface area contributed by atoms with E-state index in [1.807, 2.05) is 56.4 Å². The van der Waals surface area contributed by atoms with Gasteiger partial charge in [0.2, 0.25) is 5.91 Å². The summed E-state index contributed by atoms with van der Waals surface area (Å²) in [6.07, 6.45) is 5.96. The number of hydrogen-bond acceptors (Lipinski definition) is 2. The van der Waals surface area contributed by atoms with Crippen LogP contribution in [-0.4, -0.2) is 15.9 Å². The van der Waals surface area contributed by atoms with Crippen LogP contribution in [0, 0.1) is 6.92 Å². The number of aryl methyl sites for hydroxylation is 1. The van der Waals surface area contributed by atoms with Crippen LogP contribution in [0.25, 0.3) is 5.57 Å². The maximum Gasteiger partial charge on any atom is 0.248 e. The van der Waals surface area contributed by atoms with Gasteiger partial charge in [-0.15, -0.1) is 0 Å². The smallest absolute Gasteiger partial charge is 0.248 e. The van der Waals surface area contributed by atoms with E-state index < -0.39 is 0 Å². The number of anilines is 1. The van der Waals surface area contributed by atoms with E-state index in [2.05, 4.69) is 27.4 Å². The largest absolute Gasteiger partial charge is 0.348 e. The lowest BCUT2D eigenvalue weighted by Crippen LogP contribution is -2.08. The minimum atomic E-state index is -0.122. The van der Waals surface area contributed by atoms with Gasteiger partial charge in [0.1, 0.15) is 0 Å². The Balaban J connectivity index is 1.64. The van der Waals surface area contributed by atoms with Crippen molar-refractivity contribution >= 4 is 17.2 Å². The average molecular weight is 331 g/mol. The Bertz CT molecular complexity index is 861. The van der Waals surface area contributed by atoms with Crippen molar-refractivity contribution in [2.75, 3.05) is 5.32 Å². The zero-order chi connectivity index (χ0) is 17.6. The highest BCUT2D eigenvalue weighted by molar-refractivity contribution is 6.03. The van der Waals surface area contributed by atoms with Crippen LogP contribution < -0.4 is 5.32 Å². The molecular formula is C21H21N3O. The Hall–Kier alpha value is -3.14. The first-order chi connectivity index (χ1) is 12.1. The molecule has 0 fully saturated rings. The molecule has 0 spiro atoms. The number of carbonyl (C=O) groups excluding carboxylic acids is 1. The molecule has 0 aliphatic rings. The molecule has 2 aromatic carbocycles. The molecule has 0 aliphatic heterocycles. The minimum Gasteiger partial charge on any atom is -0.348 e. The Morgan fingerprint density at radius 1 is 1.12 bits per heavy atom. The Morgan fingerprint density at radius 3 is 2.48 bits per heavy atom. The number of aromatic nitrogens is 2. The molecule has 0 unspecified atom stereocenters. The van der Waals surface area contributed by atoms with Crippen LogP contribution in [0.4, 0.5) is 5.69 Å². The number of amides is 1. The topological polar surface area (TPSA) is 57.8 Å². The van der Waals surface area contributed by atoms with E-state index >= 15 is 0 Å². The molecule has 2 N–H and O–H groups in total. The first-order valence-corrected chi connectivity index (χ1v) is 8.23. The van der Waals surface area contributed by atoms with Crippen LogP contribution in [-0.2, 0) is 11.2 Å². The minimum absolute atomic E-state index is 0.122. The molecule has 3 aromatic rings. The van der Waals surface area contributed by atoms with Gasteiger partial charge in [-0.25, -0.2) is 4.98 Å². The number of aromatic amines is 1. The maximum atomic E-state index is 12.2. The van der Waals surface area contributed by atoms with Crippen molar-refractivity contribution in [1.29, 1.82) is 0 Å². The molecule has 126 valence electrons. The average Bonchev–Trinajstić information content (AvgIpc) is 3.10. The molecule has 3 rings (SSSR count). The molecule has 0 aliphatic carbocycles. The van der Waals surface area contributed by atoms with Gasteiger partial charge < -0.3 is 10.3 Å². The van der Waals surface area contributed by atoms with Gasteiger partial charge in [0.05, 0.1) is 6.33 Å². The quantitative estimate of drug-likeness (QED) is 0.683. The molecule has 4 heteroatoms. The molecule has 1 aromatic heterocycles. The molecular weight excluding hydrogens is 310 g/mol. The van der Waals surface area contributed by atoms with Crippen molar-refractivity contribution in [3.05, 3.63) is 89.5 Å². The summed E-state index contributed by atoms with van der Waals surface area (Å²) in [7, 11) is 0. The second-order valence-electron chi connectivity index (χ2n) is 6.13. The highest BCUT2D eigenvalue weighted by atomic mass is 16.1. The lowest BCUT2D eigenvalue weighted by Gasteiger charge is -2.06. The lowest BCUT2D eigenvalue weighted by atomic mass is 10.0. The van der Waals surface area contributed by atoms with Gasteiger partial charge in [-0.3, -0.25) is 4.79 Å². The van der Waals surface area contributed by atoms with Gasteiger partial charge >= 0.3 is 0 Å². The highest BCUT2D eigenvalue weighted by Crippen LogP contribution is 2.17. The summed E-state index contributed by atoms with van der Waals surface area (Å²) in [5, 5.41) is 2.88. The number of H-pyrrole nitrogens is 1. The van der Waals surface area contributed by atoms with Gasteiger partial charge in [-0.05, 0) is 42.7 Å². The van der Waals surface area contributed by atoms with E-state index in [1.165, 1.54) is 11.1 Å². The van der Waals surface area contributed by atoms with Crippen LogP contribution in [0.15, 0.2) is 67.1 Å². The number of hydrogen-bond donors (Lipinski definition) is 2. The summed E-state index contributed by atoms with van der Waals surface area (Å²) < 4.78 is 0. The zero-order valence-electron chi connectivity index (χ0n) is 14.4. The second kappa shape index (κ2) is 7.62. The summed E-state index contributed by atoms with van der Waals surface area (Å²) in [6, 6.07) is 16.0. The molecule has 4 nitrogen and oxygen atoms in total. The van der Waals surface area contributed by atoms with Gasteiger partial charge in [-0.2, -0.15) is 0 Å². The van der Waals surface area contributed by atoms with Gasteiger partial charge in [-0.1, -0.05) is 42.0 Å². The zero-order valence-corrected chi connectivity index (χ0v) is 14.4. The summed E-state index contributed by atoms with van der Waals surface area (Å²) in [6.45, 7) is 3.96. The third-order valence-electron chi connectivity index (χ3n) is 4.03. The number of benzene rings is 2. The summed E-state index contributed by atoms with van der Waals surface area (Å²) >= 11 is 0. The molecule has 0 bridgehead atoms. The summed E-state index contributed by atoms with van der Waals surface area (Å²) in [4.78, 5) is 19.3. The molecule has 0 saturated carbocycles. The first-order valence-electron chi connectivity index (χ1n) is 8.23. The third-order valence-corrected chi connectivity index (χ3v) is 4.03. The summed E-state index contributed by atoms with van der Waals surface area (Å²) in [5.74, 6) is -0.122. The number of rotatable bonds is 5. The fraction of sp³-hybridized carbons (Fsp3) is 0.143. The Kier molecular flexibility index (Phi) is 5.09. The van der Waals surface area contributed by atoms with Crippen molar-refractivity contribution in [1.82, 2.24) is 9.97 Å². The van der Waals surface area contributed by atoms with Crippen molar-refractivity contribution in [3.8, 4) is 0 Å². The van der Waals surface area contributed by atoms with Gasteiger partial charge in [0.25, 0.3) is 0 Å². The van der Waals surface area contributed by atoms with E-state index in [0.29, 0.717) is 0 Å². The molecule has 0 saturated heterocycles. The van der Waals surface area contributed by atoms with E-state index in [1.54, 1.807) is 12.4 Å². The molecule has 1 amide bonds. The monoisotopic (exact) mass is 331 g/mol. The van der Waals surface area contributed by atoms with Crippen molar-refractivity contribution in [2.24, 2.45) is 0 Å². The van der Waals surface area contributed by atoms with Gasteiger partial charge in [0.15, 0.2) is 0 Å². The van der Waals surface area contributed by atoms with E-state index in [9.17, 15) is 4.79 Å². The number of imidazole rings is 1. The molecule has 25 heavy (non-hydrogen) atoms. The first kappa shape index (κ1) is 16.7. The normalized spacial score (nSPS) is 11.4. The van der Waals surface area contributed by atoms with Crippen LogP contribution in [0.2, 0.25) is 0 Å². The Labute approximate surface area is 147 Å².